The van der Waals surface area contributed by atoms with E-state index < -0.39 is 12.5 Å². The molecule has 0 bridgehead atoms. The summed E-state index contributed by atoms with van der Waals surface area (Å²) in [6.45, 7) is 7.85. The van der Waals surface area contributed by atoms with Crippen LogP contribution in [0.25, 0.3) is 5.76 Å². The molecule has 25 heavy (non-hydrogen) atoms. The molecule has 0 N–H and O–H groups in total. The highest BCUT2D eigenvalue weighted by molar-refractivity contribution is 5.77. The van der Waals surface area contributed by atoms with Gasteiger partial charge in [-0.25, -0.2) is 4.79 Å². The Labute approximate surface area is 152 Å². The average Bonchev–Trinajstić information content (AvgIpc) is 2.62. The van der Waals surface area contributed by atoms with E-state index in [4.69, 9.17) is 6.11 Å². The molecule has 0 saturated heterocycles. The van der Waals surface area contributed by atoms with Gasteiger partial charge >= 0.3 is 6.09 Å². The summed E-state index contributed by atoms with van der Waals surface area (Å²) >= 11 is 0. The van der Waals surface area contributed by atoms with E-state index in [-0.39, 0.29) is 12.1 Å². The lowest BCUT2D eigenvalue weighted by molar-refractivity contribution is 0.114. The zero-order valence-corrected chi connectivity index (χ0v) is 15.3. The third-order valence-corrected chi connectivity index (χ3v) is 3.81. The van der Waals surface area contributed by atoms with E-state index in [2.05, 4.69) is 0 Å². The number of ether oxygens (including phenoxy) is 1. The van der Waals surface area contributed by atoms with Gasteiger partial charge in [-0.2, -0.15) is 0 Å². The van der Waals surface area contributed by atoms with Crippen LogP contribution in [0.4, 0.5) is 4.79 Å². The van der Waals surface area contributed by atoms with Crippen molar-refractivity contribution >= 4 is 11.9 Å². The molecule has 0 fully saturated rings. The summed E-state index contributed by atoms with van der Waals surface area (Å²) in [5.74, 6) is 0.408. The Morgan fingerprint density at radius 2 is 1.52 bits per heavy atom. The molecule has 0 aliphatic heterocycles. The first kappa shape index (κ1) is 17.3. The zero-order chi connectivity index (χ0) is 19.1. The lowest BCUT2D eigenvalue weighted by Crippen LogP contribution is -2.42. The molecule has 1 amide bonds. The quantitative estimate of drug-likeness (QED) is 0.649. The molecule has 0 saturated carbocycles. The van der Waals surface area contributed by atoms with Crippen molar-refractivity contribution in [3.63, 3.8) is 0 Å². The lowest BCUT2D eigenvalue weighted by atomic mass is 10.1. The number of amides is 1. The van der Waals surface area contributed by atoms with Crippen LogP contribution in [0, 0.1) is 0 Å². The van der Waals surface area contributed by atoms with Crippen molar-refractivity contribution in [1.29, 1.82) is 0 Å². The number of rotatable bonds is 6. The molecule has 1 unspecified atom stereocenters. The number of benzene rings is 2. The van der Waals surface area contributed by atoms with Crippen LogP contribution in [0.15, 0.2) is 66.7 Å². The molecule has 3 heteroatoms. The molecule has 0 heterocycles. The average molecular weight is 338 g/mol. The highest BCUT2D eigenvalue weighted by Crippen LogP contribution is 2.20. The van der Waals surface area contributed by atoms with Crippen molar-refractivity contribution in [2.45, 2.75) is 46.2 Å². The van der Waals surface area contributed by atoms with Crippen LogP contribution in [-0.2, 0) is 11.1 Å². The molecule has 0 spiro atoms. The maximum absolute atomic E-state index is 12.7. The molecule has 2 rings (SSSR count). The lowest BCUT2D eigenvalue weighted by Gasteiger charge is -2.30. The second-order valence-corrected chi connectivity index (χ2v) is 6.44. The fourth-order valence-electron chi connectivity index (χ4n) is 2.69. The first-order valence-electron chi connectivity index (χ1n) is 9.22. The minimum absolute atomic E-state index is 0.0282. The van der Waals surface area contributed by atoms with Crippen molar-refractivity contribution in [3.8, 4) is 0 Å². The van der Waals surface area contributed by atoms with Crippen LogP contribution in [0.5, 0.6) is 0 Å². The second-order valence-electron chi connectivity index (χ2n) is 6.44. The van der Waals surface area contributed by atoms with Gasteiger partial charge in [-0.3, -0.25) is 0 Å². The predicted octanol–water partition coefficient (Wildman–Crippen LogP) is 5.53. The summed E-state index contributed by atoms with van der Waals surface area (Å²) in [6.07, 6.45) is 0.664. The topological polar surface area (TPSA) is 29.5 Å². The summed E-state index contributed by atoms with van der Waals surface area (Å²) < 4.78 is 14.2. The van der Waals surface area contributed by atoms with Gasteiger partial charge in [0.2, 0.25) is 0 Å². The van der Waals surface area contributed by atoms with Gasteiger partial charge < -0.3 is 9.64 Å². The molecular weight excluding hydrogens is 310 g/mol. The summed E-state index contributed by atoms with van der Waals surface area (Å²) in [5, 5.41) is 0. The molecule has 2 aromatic rings. The van der Waals surface area contributed by atoms with E-state index in [9.17, 15) is 4.79 Å². The van der Waals surface area contributed by atoms with Crippen LogP contribution in [0.3, 0.4) is 0 Å². The molecule has 0 aliphatic rings. The Morgan fingerprint density at radius 3 is 2.04 bits per heavy atom. The molecule has 0 radical (unpaired) electrons. The SMILES string of the molecule is [2H]C(/C=C(\OC(=O)N(C(C)C)C(C)C)c1ccccc1)c1ccccc1. The summed E-state index contributed by atoms with van der Waals surface area (Å²) in [6, 6.07) is 19.0. The van der Waals surface area contributed by atoms with E-state index in [0.29, 0.717) is 5.76 Å². The van der Waals surface area contributed by atoms with Gasteiger partial charge in [-0.1, -0.05) is 60.7 Å². The number of hydrogen-bond donors (Lipinski definition) is 0. The number of carbonyl (C=O) groups excluding carboxylic acids is 1. The van der Waals surface area contributed by atoms with Gasteiger partial charge in [-0.15, -0.1) is 0 Å². The summed E-state index contributed by atoms with van der Waals surface area (Å²) in [5.41, 5.74) is 1.63. The Balaban J connectivity index is 2.33. The smallest absolute Gasteiger partial charge is 0.410 e. The van der Waals surface area contributed by atoms with Gasteiger partial charge in [0.25, 0.3) is 0 Å². The van der Waals surface area contributed by atoms with E-state index in [0.717, 1.165) is 11.1 Å². The Hall–Kier alpha value is -2.55. The van der Waals surface area contributed by atoms with E-state index >= 15 is 0 Å². The van der Waals surface area contributed by atoms with Gasteiger partial charge in [-0.05, 0) is 45.7 Å². The summed E-state index contributed by atoms with van der Waals surface area (Å²) in [4.78, 5) is 14.4. The van der Waals surface area contributed by atoms with E-state index in [1.54, 1.807) is 11.0 Å². The monoisotopic (exact) mass is 338 g/mol. The summed E-state index contributed by atoms with van der Waals surface area (Å²) in [7, 11) is 0. The fraction of sp³-hybridized carbons (Fsp3) is 0.318. The molecular formula is C22H27NO2. The van der Waals surface area contributed by atoms with Crippen LogP contribution in [0.1, 0.15) is 40.2 Å². The number of carbonyl (C=O) groups is 1. The minimum atomic E-state index is -0.620. The van der Waals surface area contributed by atoms with Crippen LogP contribution in [-0.4, -0.2) is 23.1 Å². The minimum Gasteiger partial charge on any atom is -0.410 e. The molecule has 3 nitrogen and oxygen atoms in total. The van der Waals surface area contributed by atoms with E-state index in [1.807, 2.05) is 88.4 Å². The normalized spacial score (nSPS) is 13.5. The molecule has 0 aliphatic carbocycles. The highest BCUT2D eigenvalue weighted by Gasteiger charge is 2.23. The standard InChI is InChI=1S/C22H27NO2/c1-17(2)23(18(3)4)22(24)25-21(20-13-9-6-10-14-20)16-15-19-11-7-5-8-12-19/h5-14,16-18H,15H2,1-4H3/b21-16-/i15D. The Bertz CT molecular complexity index is 718. The Morgan fingerprint density at radius 1 is 1.00 bits per heavy atom. The van der Waals surface area contributed by atoms with Crippen molar-refractivity contribution in [3.05, 3.63) is 77.9 Å². The number of allylic oxidation sites excluding steroid dienone is 1. The molecule has 132 valence electrons. The van der Waals surface area contributed by atoms with Crippen LogP contribution >= 0.6 is 0 Å². The zero-order valence-electron chi connectivity index (χ0n) is 16.3. The highest BCUT2D eigenvalue weighted by atomic mass is 16.6. The molecule has 0 aromatic heterocycles. The maximum atomic E-state index is 12.7. The first-order valence-corrected chi connectivity index (χ1v) is 8.64. The Kier molecular flexibility index (Phi) is 6.27. The maximum Gasteiger partial charge on any atom is 0.415 e. The van der Waals surface area contributed by atoms with Crippen molar-refractivity contribution in [1.82, 2.24) is 4.90 Å². The van der Waals surface area contributed by atoms with E-state index in [1.165, 1.54) is 0 Å². The molecule has 1 atom stereocenters. The predicted molar refractivity (Wildman–Crippen MR) is 103 cm³/mol. The first-order chi connectivity index (χ1) is 12.4. The number of nitrogens with zero attached hydrogens (tertiary/aromatic N) is 1. The van der Waals surface area contributed by atoms with Crippen LogP contribution < -0.4 is 0 Å². The van der Waals surface area contributed by atoms with Gasteiger partial charge in [0.05, 0.1) is 0 Å². The van der Waals surface area contributed by atoms with Gasteiger partial charge in [0.1, 0.15) is 5.76 Å². The molecule has 2 aromatic carbocycles. The third kappa shape index (κ3) is 5.49. The van der Waals surface area contributed by atoms with Crippen molar-refractivity contribution in [2.24, 2.45) is 0 Å². The largest absolute Gasteiger partial charge is 0.415 e. The third-order valence-electron chi connectivity index (χ3n) is 3.81. The second kappa shape index (κ2) is 9.07. The number of hydrogen-bond acceptors (Lipinski definition) is 2. The van der Waals surface area contributed by atoms with Crippen LogP contribution in [0.2, 0.25) is 0 Å². The van der Waals surface area contributed by atoms with Gasteiger partial charge in [0.15, 0.2) is 0 Å². The van der Waals surface area contributed by atoms with Crippen molar-refractivity contribution < 1.29 is 10.9 Å². The fourth-order valence-corrected chi connectivity index (χ4v) is 2.69. The van der Waals surface area contributed by atoms with Gasteiger partial charge in [0, 0.05) is 19.0 Å². The van der Waals surface area contributed by atoms with Crippen molar-refractivity contribution in [2.75, 3.05) is 0 Å².